The zero-order valence-electron chi connectivity index (χ0n) is 7.28. The van der Waals surface area contributed by atoms with Crippen LogP contribution in [0.1, 0.15) is 41.0 Å². The lowest BCUT2D eigenvalue weighted by Gasteiger charge is -2.10. The van der Waals surface area contributed by atoms with Gasteiger partial charge in [-0.3, -0.25) is 0 Å². The third-order valence-corrected chi connectivity index (χ3v) is 1.72. The molecule has 0 unspecified atom stereocenters. The number of allylic oxidation sites excluding steroid dienone is 2. The molecule has 0 atom stereocenters. The largest absolute Gasteiger partial charge is 0.0770 e. The van der Waals surface area contributed by atoms with E-state index in [2.05, 4.69) is 34.6 Å². The molecular formula is C9H18. The van der Waals surface area contributed by atoms with Crippen LogP contribution in [0.25, 0.3) is 0 Å². The summed E-state index contributed by atoms with van der Waals surface area (Å²) >= 11 is 0. The van der Waals surface area contributed by atoms with E-state index in [1.807, 2.05) is 0 Å². The summed E-state index contributed by atoms with van der Waals surface area (Å²) in [4.78, 5) is 0. The van der Waals surface area contributed by atoms with E-state index in [1.54, 1.807) is 5.57 Å². The summed E-state index contributed by atoms with van der Waals surface area (Å²) in [5.74, 6) is 0.736. The van der Waals surface area contributed by atoms with Crippen molar-refractivity contribution in [2.75, 3.05) is 0 Å². The van der Waals surface area contributed by atoms with E-state index in [9.17, 15) is 0 Å². The first-order valence-electron chi connectivity index (χ1n) is 3.75. The maximum atomic E-state index is 2.26. The normalized spacial score (nSPS) is 10.0. The van der Waals surface area contributed by atoms with Gasteiger partial charge in [-0.25, -0.2) is 0 Å². The van der Waals surface area contributed by atoms with Crippen LogP contribution in [0.4, 0.5) is 0 Å². The molecule has 0 bridgehead atoms. The Labute approximate surface area is 59.0 Å². The van der Waals surface area contributed by atoms with E-state index in [4.69, 9.17) is 0 Å². The molecular weight excluding hydrogens is 108 g/mol. The molecule has 0 aromatic carbocycles. The Kier molecular flexibility index (Phi) is 3.60. The topological polar surface area (TPSA) is 0 Å². The summed E-state index contributed by atoms with van der Waals surface area (Å²) in [5, 5.41) is 0. The number of rotatable bonds is 2. The van der Waals surface area contributed by atoms with Crippen molar-refractivity contribution in [3.05, 3.63) is 11.1 Å². The summed E-state index contributed by atoms with van der Waals surface area (Å²) in [5.41, 5.74) is 3.10. The van der Waals surface area contributed by atoms with Gasteiger partial charge in [0.25, 0.3) is 0 Å². The fourth-order valence-corrected chi connectivity index (χ4v) is 1.34. The van der Waals surface area contributed by atoms with E-state index >= 15 is 0 Å². The van der Waals surface area contributed by atoms with E-state index in [0.29, 0.717) is 0 Å². The molecule has 0 N–H and O–H groups in total. The Bertz CT molecular complexity index is 103. The highest BCUT2D eigenvalue weighted by molar-refractivity contribution is 5.11. The zero-order valence-corrected chi connectivity index (χ0v) is 7.28. The van der Waals surface area contributed by atoms with E-state index in [0.717, 1.165) is 5.92 Å². The minimum Gasteiger partial charge on any atom is -0.0770 e. The Balaban J connectivity index is 4.16. The SMILES string of the molecule is CCC(=C(C)C)C(C)C. The minimum atomic E-state index is 0.736. The molecule has 0 aromatic heterocycles. The molecule has 0 heterocycles. The maximum absolute atomic E-state index is 2.26. The molecule has 0 aliphatic rings. The Morgan fingerprint density at radius 2 is 1.67 bits per heavy atom. The van der Waals surface area contributed by atoms with Gasteiger partial charge in [-0.2, -0.15) is 0 Å². The fourth-order valence-electron chi connectivity index (χ4n) is 1.34. The molecule has 9 heavy (non-hydrogen) atoms. The van der Waals surface area contributed by atoms with Crippen LogP contribution in [0, 0.1) is 5.92 Å². The summed E-state index contributed by atoms with van der Waals surface area (Å²) in [6.07, 6.45) is 1.21. The third-order valence-electron chi connectivity index (χ3n) is 1.72. The summed E-state index contributed by atoms with van der Waals surface area (Å²) in [6, 6.07) is 0. The van der Waals surface area contributed by atoms with Crippen molar-refractivity contribution in [3.63, 3.8) is 0 Å². The molecule has 54 valence electrons. The summed E-state index contributed by atoms with van der Waals surface area (Å²) in [7, 11) is 0. The smallest absolute Gasteiger partial charge is 0.0258 e. The molecule has 0 nitrogen and oxygen atoms in total. The van der Waals surface area contributed by atoms with Gasteiger partial charge in [-0.15, -0.1) is 0 Å². The van der Waals surface area contributed by atoms with Gasteiger partial charge < -0.3 is 0 Å². The second kappa shape index (κ2) is 3.71. The van der Waals surface area contributed by atoms with Gasteiger partial charge in [0, 0.05) is 0 Å². The van der Waals surface area contributed by atoms with Gasteiger partial charge in [0.15, 0.2) is 0 Å². The lowest BCUT2D eigenvalue weighted by Crippen LogP contribution is -1.94. The Hall–Kier alpha value is -0.260. The van der Waals surface area contributed by atoms with Crippen LogP contribution in [0.15, 0.2) is 11.1 Å². The van der Waals surface area contributed by atoms with Crippen LogP contribution < -0.4 is 0 Å². The Morgan fingerprint density at radius 1 is 1.22 bits per heavy atom. The number of hydrogen-bond donors (Lipinski definition) is 0. The molecule has 0 rings (SSSR count). The van der Waals surface area contributed by atoms with Crippen molar-refractivity contribution < 1.29 is 0 Å². The van der Waals surface area contributed by atoms with Crippen LogP contribution in [0.5, 0.6) is 0 Å². The molecule has 0 amide bonds. The highest BCUT2D eigenvalue weighted by atomic mass is 14.1. The van der Waals surface area contributed by atoms with Crippen LogP contribution in [0.2, 0.25) is 0 Å². The Morgan fingerprint density at radius 3 is 1.67 bits per heavy atom. The van der Waals surface area contributed by atoms with Crippen LogP contribution in [0.3, 0.4) is 0 Å². The second-order valence-electron chi connectivity index (χ2n) is 3.03. The highest BCUT2D eigenvalue weighted by Gasteiger charge is 2.00. The van der Waals surface area contributed by atoms with Crippen molar-refractivity contribution in [2.24, 2.45) is 5.92 Å². The average molecular weight is 126 g/mol. The second-order valence-corrected chi connectivity index (χ2v) is 3.03. The van der Waals surface area contributed by atoms with Gasteiger partial charge >= 0.3 is 0 Å². The molecule has 0 aliphatic heterocycles. The van der Waals surface area contributed by atoms with Crippen molar-refractivity contribution in [1.82, 2.24) is 0 Å². The van der Waals surface area contributed by atoms with E-state index < -0.39 is 0 Å². The predicted octanol–water partition coefficient (Wildman–Crippen LogP) is 3.39. The molecule has 0 saturated carbocycles. The van der Waals surface area contributed by atoms with Crippen molar-refractivity contribution in [1.29, 1.82) is 0 Å². The molecule has 0 aromatic rings. The molecule has 0 heteroatoms. The van der Waals surface area contributed by atoms with Gasteiger partial charge in [0.1, 0.15) is 0 Å². The summed E-state index contributed by atoms with van der Waals surface area (Å²) in [6.45, 7) is 11.1. The minimum absolute atomic E-state index is 0.736. The fraction of sp³-hybridized carbons (Fsp3) is 0.778. The molecule has 0 saturated heterocycles. The first-order chi connectivity index (χ1) is 4.09. The van der Waals surface area contributed by atoms with Gasteiger partial charge in [0.2, 0.25) is 0 Å². The van der Waals surface area contributed by atoms with Crippen molar-refractivity contribution in [3.8, 4) is 0 Å². The molecule has 0 radical (unpaired) electrons. The first kappa shape index (κ1) is 8.74. The monoisotopic (exact) mass is 126 g/mol. The average Bonchev–Trinajstić information content (AvgIpc) is 1.64. The first-order valence-corrected chi connectivity index (χ1v) is 3.75. The van der Waals surface area contributed by atoms with Crippen LogP contribution >= 0.6 is 0 Å². The standard InChI is InChI=1S/C9H18/c1-6-9(7(2)3)8(4)5/h7H,6H2,1-5H3. The van der Waals surface area contributed by atoms with Crippen molar-refractivity contribution >= 4 is 0 Å². The van der Waals surface area contributed by atoms with Gasteiger partial charge in [-0.1, -0.05) is 31.9 Å². The lowest BCUT2D eigenvalue weighted by molar-refractivity contribution is 0.719. The summed E-state index contributed by atoms with van der Waals surface area (Å²) < 4.78 is 0. The van der Waals surface area contributed by atoms with Gasteiger partial charge in [0.05, 0.1) is 0 Å². The van der Waals surface area contributed by atoms with Crippen LogP contribution in [-0.4, -0.2) is 0 Å². The van der Waals surface area contributed by atoms with E-state index in [1.165, 1.54) is 12.0 Å². The van der Waals surface area contributed by atoms with E-state index in [-0.39, 0.29) is 0 Å². The third kappa shape index (κ3) is 2.69. The highest BCUT2D eigenvalue weighted by Crippen LogP contribution is 2.17. The van der Waals surface area contributed by atoms with Crippen molar-refractivity contribution in [2.45, 2.75) is 41.0 Å². The lowest BCUT2D eigenvalue weighted by atomic mass is 9.97. The van der Waals surface area contributed by atoms with Crippen LogP contribution in [-0.2, 0) is 0 Å². The molecule has 0 fully saturated rings. The van der Waals surface area contributed by atoms with Gasteiger partial charge in [-0.05, 0) is 26.2 Å². The molecule has 0 spiro atoms. The maximum Gasteiger partial charge on any atom is -0.0258 e. The number of hydrogen-bond acceptors (Lipinski definition) is 0. The predicted molar refractivity (Wildman–Crippen MR) is 43.5 cm³/mol. The zero-order chi connectivity index (χ0) is 7.44. The quantitative estimate of drug-likeness (QED) is 0.497. The molecule has 0 aliphatic carbocycles.